The molecular weight excluding hydrogens is 334 g/mol. The van der Waals surface area contributed by atoms with E-state index in [1.54, 1.807) is 18.2 Å². The zero-order valence-electron chi connectivity index (χ0n) is 15.0. The maximum atomic E-state index is 10.0. The van der Waals surface area contributed by atoms with Crippen LogP contribution in [0.15, 0.2) is 29.4 Å². The molecule has 2 heterocycles. The molecule has 1 aromatic carbocycles. The summed E-state index contributed by atoms with van der Waals surface area (Å²) in [6.45, 7) is 7.29. The van der Waals surface area contributed by atoms with Gasteiger partial charge in [0.15, 0.2) is 5.82 Å². The molecule has 0 aliphatic carbocycles. The Morgan fingerprint density at radius 1 is 1.31 bits per heavy atom. The zero-order valence-corrected chi connectivity index (χ0v) is 15.0. The molecule has 0 saturated carbocycles. The van der Waals surface area contributed by atoms with E-state index in [1.807, 2.05) is 19.9 Å². The smallest absolute Gasteiger partial charge is 0.152 e. The van der Waals surface area contributed by atoms with Crippen LogP contribution in [0.3, 0.4) is 0 Å². The third-order valence-corrected chi connectivity index (χ3v) is 3.86. The lowest BCUT2D eigenvalue weighted by Crippen LogP contribution is -2.36. The maximum absolute atomic E-state index is 10.0. The van der Waals surface area contributed by atoms with Crippen molar-refractivity contribution in [2.45, 2.75) is 13.8 Å². The van der Waals surface area contributed by atoms with Crippen LogP contribution in [0, 0.1) is 6.92 Å². The molecule has 0 unspecified atom stereocenters. The monoisotopic (exact) mass is 357 g/mol. The fourth-order valence-electron chi connectivity index (χ4n) is 2.62. The lowest BCUT2D eigenvalue weighted by Gasteiger charge is -2.28. The SMILES string of the molecule is CCOc1ccc(/C=N/Nc2cc(N3CCOCC3)nc(C)n2)c(O)c1. The quantitative estimate of drug-likeness (QED) is 0.605. The third-order valence-electron chi connectivity index (χ3n) is 3.86. The molecule has 1 fully saturated rings. The second kappa shape index (κ2) is 8.48. The molecule has 0 atom stereocenters. The highest BCUT2D eigenvalue weighted by Crippen LogP contribution is 2.22. The summed E-state index contributed by atoms with van der Waals surface area (Å²) >= 11 is 0. The summed E-state index contributed by atoms with van der Waals surface area (Å²) in [5, 5.41) is 14.2. The van der Waals surface area contributed by atoms with Gasteiger partial charge in [-0.2, -0.15) is 5.10 Å². The number of morpholine rings is 1. The number of aromatic hydroxyl groups is 1. The van der Waals surface area contributed by atoms with Crippen LogP contribution in [0.1, 0.15) is 18.3 Å². The van der Waals surface area contributed by atoms with Gasteiger partial charge >= 0.3 is 0 Å². The second-order valence-electron chi connectivity index (χ2n) is 5.78. The number of benzene rings is 1. The van der Waals surface area contributed by atoms with Crippen molar-refractivity contribution in [1.82, 2.24) is 9.97 Å². The van der Waals surface area contributed by atoms with E-state index in [4.69, 9.17) is 9.47 Å². The third kappa shape index (κ3) is 4.60. The molecule has 3 rings (SSSR count). The average molecular weight is 357 g/mol. The van der Waals surface area contributed by atoms with Gasteiger partial charge in [0, 0.05) is 30.8 Å². The summed E-state index contributed by atoms with van der Waals surface area (Å²) in [6, 6.07) is 6.95. The van der Waals surface area contributed by atoms with Gasteiger partial charge in [-0.05, 0) is 26.0 Å². The minimum absolute atomic E-state index is 0.106. The van der Waals surface area contributed by atoms with Gasteiger partial charge in [0.05, 0.1) is 26.0 Å². The van der Waals surface area contributed by atoms with E-state index in [0.717, 1.165) is 18.9 Å². The predicted octanol–water partition coefficient (Wildman–Crippen LogP) is 2.17. The largest absolute Gasteiger partial charge is 0.507 e. The molecule has 8 heteroatoms. The van der Waals surface area contributed by atoms with Crippen molar-refractivity contribution < 1.29 is 14.6 Å². The summed E-state index contributed by atoms with van der Waals surface area (Å²) in [5.41, 5.74) is 3.48. The Balaban J connectivity index is 1.69. The topological polar surface area (TPSA) is 92.1 Å². The highest BCUT2D eigenvalue weighted by molar-refractivity contribution is 5.84. The Labute approximate surface area is 152 Å². The maximum Gasteiger partial charge on any atom is 0.152 e. The van der Waals surface area contributed by atoms with Crippen LogP contribution in [0.2, 0.25) is 0 Å². The van der Waals surface area contributed by atoms with E-state index in [2.05, 4.69) is 25.4 Å². The molecule has 1 aliphatic rings. The van der Waals surface area contributed by atoms with Crippen LogP contribution >= 0.6 is 0 Å². The Hall–Kier alpha value is -2.87. The number of aromatic nitrogens is 2. The number of hydrogen-bond acceptors (Lipinski definition) is 8. The predicted molar refractivity (Wildman–Crippen MR) is 100 cm³/mol. The van der Waals surface area contributed by atoms with Gasteiger partial charge in [0.2, 0.25) is 0 Å². The van der Waals surface area contributed by atoms with Crippen LogP contribution in [0.25, 0.3) is 0 Å². The minimum Gasteiger partial charge on any atom is -0.507 e. The number of rotatable bonds is 6. The molecule has 138 valence electrons. The van der Waals surface area contributed by atoms with Gasteiger partial charge in [0.25, 0.3) is 0 Å². The number of hydrogen-bond donors (Lipinski definition) is 2. The lowest BCUT2D eigenvalue weighted by molar-refractivity contribution is 0.122. The number of hydrazone groups is 1. The van der Waals surface area contributed by atoms with Crippen molar-refractivity contribution >= 4 is 17.9 Å². The van der Waals surface area contributed by atoms with Crippen LogP contribution in [-0.2, 0) is 4.74 Å². The Bertz CT molecular complexity index is 775. The molecule has 0 amide bonds. The molecule has 1 aromatic heterocycles. The zero-order chi connectivity index (χ0) is 18.4. The molecule has 1 saturated heterocycles. The first-order valence-electron chi connectivity index (χ1n) is 8.59. The molecule has 0 bridgehead atoms. The Morgan fingerprint density at radius 2 is 2.12 bits per heavy atom. The van der Waals surface area contributed by atoms with Crippen LogP contribution in [0.4, 0.5) is 11.6 Å². The second-order valence-corrected chi connectivity index (χ2v) is 5.78. The van der Waals surface area contributed by atoms with Crippen molar-refractivity contribution in [3.8, 4) is 11.5 Å². The Morgan fingerprint density at radius 3 is 2.85 bits per heavy atom. The number of phenols is 1. The highest BCUT2D eigenvalue weighted by atomic mass is 16.5. The van der Waals surface area contributed by atoms with Crippen molar-refractivity contribution in [3.05, 3.63) is 35.7 Å². The van der Waals surface area contributed by atoms with E-state index in [-0.39, 0.29) is 5.75 Å². The van der Waals surface area contributed by atoms with E-state index >= 15 is 0 Å². The van der Waals surface area contributed by atoms with E-state index in [0.29, 0.717) is 42.8 Å². The molecule has 0 spiro atoms. The first-order valence-corrected chi connectivity index (χ1v) is 8.59. The fraction of sp³-hybridized carbons (Fsp3) is 0.389. The Kier molecular flexibility index (Phi) is 5.85. The van der Waals surface area contributed by atoms with Crippen molar-refractivity contribution in [2.24, 2.45) is 5.10 Å². The summed E-state index contributed by atoms with van der Waals surface area (Å²) < 4.78 is 10.7. The molecule has 1 aliphatic heterocycles. The van der Waals surface area contributed by atoms with E-state index in [9.17, 15) is 5.11 Å². The van der Waals surface area contributed by atoms with Crippen molar-refractivity contribution in [1.29, 1.82) is 0 Å². The van der Waals surface area contributed by atoms with Gasteiger partial charge in [-0.1, -0.05) is 0 Å². The van der Waals surface area contributed by atoms with E-state index < -0.39 is 0 Å². The van der Waals surface area contributed by atoms with Gasteiger partial charge in [-0.15, -0.1) is 0 Å². The lowest BCUT2D eigenvalue weighted by atomic mass is 10.2. The summed E-state index contributed by atoms with van der Waals surface area (Å²) in [7, 11) is 0. The van der Waals surface area contributed by atoms with E-state index in [1.165, 1.54) is 6.21 Å². The number of aryl methyl sites for hydroxylation is 1. The highest BCUT2D eigenvalue weighted by Gasteiger charge is 2.14. The van der Waals surface area contributed by atoms with Crippen molar-refractivity contribution in [3.63, 3.8) is 0 Å². The molecule has 0 radical (unpaired) electrons. The first-order chi connectivity index (χ1) is 12.7. The standard InChI is InChI=1S/C18H23N5O3/c1-3-26-15-5-4-14(16(24)10-15)12-19-22-17-11-18(21-13(2)20-17)23-6-8-25-9-7-23/h4-5,10-12,24H,3,6-9H2,1-2H3,(H,20,21,22)/b19-12+. The average Bonchev–Trinajstić information content (AvgIpc) is 2.64. The van der Waals surface area contributed by atoms with Gasteiger partial charge in [-0.3, -0.25) is 5.43 Å². The molecule has 2 aromatic rings. The van der Waals surface area contributed by atoms with Crippen LogP contribution in [0.5, 0.6) is 11.5 Å². The summed E-state index contributed by atoms with van der Waals surface area (Å²) in [4.78, 5) is 11.0. The van der Waals surface area contributed by atoms with Crippen LogP contribution < -0.4 is 15.1 Å². The minimum atomic E-state index is 0.106. The summed E-state index contributed by atoms with van der Waals surface area (Å²) in [5.74, 6) is 2.84. The number of phenolic OH excluding ortho intramolecular Hbond substituents is 1. The van der Waals surface area contributed by atoms with Gasteiger partial charge in [-0.25, -0.2) is 9.97 Å². The number of nitrogens with one attached hydrogen (secondary N) is 1. The van der Waals surface area contributed by atoms with Crippen LogP contribution in [-0.4, -0.2) is 54.2 Å². The number of anilines is 2. The number of ether oxygens (including phenoxy) is 2. The molecular formula is C18H23N5O3. The fourth-order valence-corrected chi connectivity index (χ4v) is 2.62. The molecule has 8 nitrogen and oxygen atoms in total. The molecule has 26 heavy (non-hydrogen) atoms. The summed E-state index contributed by atoms with van der Waals surface area (Å²) in [6.07, 6.45) is 1.54. The molecule has 2 N–H and O–H groups in total. The van der Waals surface area contributed by atoms with Crippen molar-refractivity contribution in [2.75, 3.05) is 43.2 Å². The number of nitrogens with zero attached hydrogens (tertiary/aromatic N) is 4. The first kappa shape index (κ1) is 17.9. The normalized spacial score (nSPS) is 14.6. The van der Waals surface area contributed by atoms with Gasteiger partial charge < -0.3 is 19.5 Å². The van der Waals surface area contributed by atoms with Gasteiger partial charge in [0.1, 0.15) is 23.1 Å².